The Kier molecular flexibility index (Phi) is 8.57. The molecule has 1 aliphatic heterocycles. The van der Waals surface area contributed by atoms with E-state index in [2.05, 4.69) is 10.6 Å². The minimum atomic E-state index is -5.08. The monoisotopic (exact) mass is 482 g/mol. The average molecular weight is 482 g/mol. The number of nitrogens with one attached hydrogen (secondary N) is 2. The molecule has 1 saturated heterocycles. The van der Waals surface area contributed by atoms with Crippen LogP contribution in [0.15, 0.2) is 18.2 Å². The van der Waals surface area contributed by atoms with Crippen LogP contribution in [0.5, 0.6) is 0 Å². The molecule has 0 bridgehead atoms. The molecule has 0 spiro atoms. The fourth-order valence-corrected chi connectivity index (χ4v) is 2.72. The van der Waals surface area contributed by atoms with Gasteiger partial charge < -0.3 is 15.7 Å². The zero-order valence-electron chi connectivity index (χ0n) is 16.4. The number of hydrogen-bond donors (Lipinski definition) is 3. The van der Waals surface area contributed by atoms with Crippen LogP contribution < -0.4 is 10.6 Å². The van der Waals surface area contributed by atoms with E-state index in [1.165, 1.54) is 0 Å². The number of carboxylic acids is 1. The van der Waals surface area contributed by atoms with E-state index >= 15 is 0 Å². The molecule has 0 aliphatic carbocycles. The van der Waals surface area contributed by atoms with Gasteiger partial charge in [0.2, 0.25) is 5.91 Å². The molecule has 0 saturated carbocycles. The van der Waals surface area contributed by atoms with Gasteiger partial charge in [-0.2, -0.15) is 39.5 Å². The first-order chi connectivity index (χ1) is 14.4. The van der Waals surface area contributed by atoms with Crippen molar-refractivity contribution in [1.29, 1.82) is 0 Å². The zero-order chi connectivity index (χ0) is 25.0. The van der Waals surface area contributed by atoms with Crippen molar-refractivity contribution in [2.24, 2.45) is 5.41 Å². The van der Waals surface area contributed by atoms with Crippen LogP contribution in [0.2, 0.25) is 0 Å². The molecule has 2 rings (SSSR count). The molecular formula is C18H19F9N2O3. The summed E-state index contributed by atoms with van der Waals surface area (Å²) in [5, 5.41) is 12.7. The quantitative estimate of drug-likeness (QED) is 0.560. The summed E-state index contributed by atoms with van der Waals surface area (Å²) >= 11 is 0. The largest absolute Gasteiger partial charge is 0.490 e. The standard InChI is InChI=1S/C16H18F6N2O.C2HF3O2/c1-14(2-4-23-5-3-14)13(25)24-9-10-6-11(15(17,18)19)8-12(7-10)16(20,21)22;3-2(4,5)1(6)7/h6-8,23H,2-5,9H2,1H3,(H,24,25);(H,6,7). The van der Waals surface area contributed by atoms with Gasteiger partial charge in [0.15, 0.2) is 0 Å². The lowest BCUT2D eigenvalue weighted by Gasteiger charge is -2.32. The van der Waals surface area contributed by atoms with E-state index in [9.17, 15) is 44.3 Å². The molecule has 0 aromatic heterocycles. The summed E-state index contributed by atoms with van der Waals surface area (Å²) in [6.07, 6.45) is -13.8. The van der Waals surface area contributed by atoms with Crippen LogP contribution in [-0.4, -0.2) is 36.2 Å². The van der Waals surface area contributed by atoms with E-state index in [-0.39, 0.29) is 17.5 Å². The smallest absolute Gasteiger partial charge is 0.475 e. The van der Waals surface area contributed by atoms with Crippen molar-refractivity contribution < 1.29 is 54.2 Å². The molecule has 1 aliphatic rings. The number of carboxylic acid groups (broad SMARTS) is 1. The minimum absolute atomic E-state index is 0.0689. The van der Waals surface area contributed by atoms with Gasteiger partial charge in [-0.25, -0.2) is 4.79 Å². The molecule has 1 amide bonds. The van der Waals surface area contributed by atoms with Gasteiger partial charge >= 0.3 is 24.5 Å². The Hall–Kier alpha value is -2.51. The molecule has 0 unspecified atom stereocenters. The Labute approximate surface area is 176 Å². The SMILES string of the molecule is CC1(C(=O)NCc2cc(C(F)(F)F)cc(C(F)(F)F)c2)CCNCC1.O=C(O)C(F)(F)F. The van der Waals surface area contributed by atoms with Crippen molar-refractivity contribution in [1.82, 2.24) is 10.6 Å². The number of halogens is 9. The fraction of sp³-hybridized carbons (Fsp3) is 0.556. The lowest BCUT2D eigenvalue weighted by Crippen LogP contribution is -2.45. The van der Waals surface area contributed by atoms with Gasteiger partial charge in [-0.15, -0.1) is 0 Å². The highest BCUT2D eigenvalue weighted by atomic mass is 19.4. The second kappa shape index (κ2) is 9.96. The van der Waals surface area contributed by atoms with Gasteiger partial charge in [0.25, 0.3) is 0 Å². The molecule has 0 radical (unpaired) electrons. The number of amides is 1. The third-order valence-electron chi connectivity index (χ3n) is 4.60. The predicted molar refractivity (Wildman–Crippen MR) is 92.2 cm³/mol. The van der Waals surface area contributed by atoms with Crippen LogP contribution in [0.4, 0.5) is 39.5 Å². The summed E-state index contributed by atoms with van der Waals surface area (Å²) < 4.78 is 109. The number of carbonyl (C=O) groups excluding carboxylic acids is 1. The van der Waals surface area contributed by atoms with Crippen molar-refractivity contribution in [3.63, 3.8) is 0 Å². The molecule has 3 N–H and O–H groups in total. The molecule has 182 valence electrons. The van der Waals surface area contributed by atoms with E-state index in [4.69, 9.17) is 9.90 Å². The van der Waals surface area contributed by atoms with Gasteiger partial charge in [0.05, 0.1) is 11.1 Å². The molecule has 1 aromatic rings. The van der Waals surface area contributed by atoms with Crippen LogP contribution in [0.3, 0.4) is 0 Å². The number of carbonyl (C=O) groups is 2. The molecule has 1 fully saturated rings. The topological polar surface area (TPSA) is 78.4 Å². The third kappa shape index (κ3) is 8.20. The van der Waals surface area contributed by atoms with Crippen LogP contribution >= 0.6 is 0 Å². The number of piperidine rings is 1. The van der Waals surface area contributed by atoms with Gasteiger partial charge in [-0.05, 0) is 49.7 Å². The Morgan fingerprint density at radius 1 is 0.938 bits per heavy atom. The number of rotatable bonds is 3. The second-order valence-electron chi connectivity index (χ2n) is 7.21. The van der Waals surface area contributed by atoms with Crippen LogP contribution in [0, 0.1) is 5.41 Å². The Bertz CT molecular complexity index is 779. The summed E-state index contributed by atoms with van der Waals surface area (Å²) in [5.41, 5.74) is -3.70. The Morgan fingerprint density at radius 3 is 1.69 bits per heavy atom. The van der Waals surface area contributed by atoms with Gasteiger partial charge in [-0.3, -0.25) is 4.79 Å². The lowest BCUT2D eigenvalue weighted by atomic mass is 9.80. The summed E-state index contributed by atoms with van der Waals surface area (Å²) in [6, 6.07) is 1.32. The molecule has 1 aromatic carbocycles. The highest BCUT2D eigenvalue weighted by Crippen LogP contribution is 2.36. The Morgan fingerprint density at radius 2 is 1.34 bits per heavy atom. The third-order valence-corrected chi connectivity index (χ3v) is 4.60. The highest BCUT2D eigenvalue weighted by molar-refractivity contribution is 5.82. The minimum Gasteiger partial charge on any atom is -0.475 e. The summed E-state index contributed by atoms with van der Waals surface area (Å²) in [7, 11) is 0. The number of hydrogen-bond acceptors (Lipinski definition) is 3. The first-order valence-electron chi connectivity index (χ1n) is 8.94. The van der Waals surface area contributed by atoms with E-state index < -0.39 is 47.6 Å². The van der Waals surface area contributed by atoms with E-state index in [0.29, 0.717) is 38.1 Å². The highest BCUT2D eigenvalue weighted by Gasteiger charge is 2.39. The van der Waals surface area contributed by atoms with Crippen molar-refractivity contribution in [3.8, 4) is 0 Å². The van der Waals surface area contributed by atoms with E-state index in [1.54, 1.807) is 6.92 Å². The first kappa shape index (κ1) is 27.5. The molecule has 32 heavy (non-hydrogen) atoms. The molecule has 1 heterocycles. The normalized spacial score (nSPS) is 16.6. The molecule has 5 nitrogen and oxygen atoms in total. The number of aliphatic carboxylic acids is 1. The number of benzene rings is 1. The van der Waals surface area contributed by atoms with Crippen molar-refractivity contribution in [2.45, 2.75) is 44.8 Å². The maximum absolute atomic E-state index is 12.8. The fourth-order valence-electron chi connectivity index (χ4n) is 2.72. The lowest BCUT2D eigenvalue weighted by molar-refractivity contribution is -0.192. The van der Waals surface area contributed by atoms with Gasteiger partial charge in [0, 0.05) is 12.0 Å². The molecule has 0 atom stereocenters. The van der Waals surface area contributed by atoms with Crippen LogP contribution in [-0.2, 0) is 28.5 Å². The van der Waals surface area contributed by atoms with Gasteiger partial charge in [0.1, 0.15) is 0 Å². The molecular weight excluding hydrogens is 463 g/mol. The molecule has 14 heteroatoms. The average Bonchev–Trinajstić information content (AvgIpc) is 2.64. The van der Waals surface area contributed by atoms with E-state index in [1.807, 2.05) is 0 Å². The van der Waals surface area contributed by atoms with Crippen LogP contribution in [0.25, 0.3) is 0 Å². The number of alkyl halides is 9. The van der Waals surface area contributed by atoms with Crippen LogP contribution in [0.1, 0.15) is 36.5 Å². The van der Waals surface area contributed by atoms with Crippen molar-refractivity contribution in [2.75, 3.05) is 13.1 Å². The Balaban J connectivity index is 0.000000633. The first-order valence-corrected chi connectivity index (χ1v) is 8.94. The van der Waals surface area contributed by atoms with Crippen molar-refractivity contribution in [3.05, 3.63) is 34.9 Å². The summed E-state index contributed by atoms with van der Waals surface area (Å²) in [4.78, 5) is 21.2. The maximum Gasteiger partial charge on any atom is 0.490 e. The predicted octanol–water partition coefficient (Wildman–Crippen LogP) is 4.36. The summed E-state index contributed by atoms with van der Waals surface area (Å²) in [5.74, 6) is -3.13. The zero-order valence-corrected chi connectivity index (χ0v) is 16.4. The van der Waals surface area contributed by atoms with Crippen molar-refractivity contribution >= 4 is 11.9 Å². The van der Waals surface area contributed by atoms with E-state index in [0.717, 1.165) is 0 Å². The summed E-state index contributed by atoms with van der Waals surface area (Å²) in [6.45, 7) is 2.60. The van der Waals surface area contributed by atoms with Gasteiger partial charge in [-0.1, -0.05) is 6.92 Å². The second-order valence-corrected chi connectivity index (χ2v) is 7.21. The maximum atomic E-state index is 12.8.